The van der Waals surface area contributed by atoms with E-state index in [4.69, 9.17) is 4.74 Å². The molecule has 10 nitrogen and oxygen atoms in total. The van der Waals surface area contributed by atoms with Gasteiger partial charge in [-0.1, -0.05) is 6.07 Å². The number of hydrogen-bond acceptors (Lipinski definition) is 8. The van der Waals surface area contributed by atoms with Gasteiger partial charge in [-0.2, -0.15) is 4.31 Å². The molecule has 11 heteroatoms. The van der Waals surface area contributed by atoms with Crippen molar-refractivity contribution in [2.45, 2.75) is 18.2 Å². The highest BCUT2D eigenvalue weighted by atomic mass is 32.2. The zero-order valence-corrected chi connectivity index (χ0v) is 19.9. The Morgan fingerprint density at radius 3 is 2.74 bits per heavy atom. The molecule has 5 rings (SSSR count). The van der Waals surface area contributed by atoms with E-state index in [1.807, 2.05) is 25.1 Å². The summed E-state index contributed by atoms with van der Waals surface area (Å²) in [4.78, 5) is 25.2. The molecule has 4 heterocycles. The van der Waals surface area contributed by atoms with Gasteiger partial charge in [-0.3, -0.25) is 9.69 Å². The number of benzene rings is 1. The summed E-state index contributed by atoms with van der Waals surface area (Å²) in [6, 6.07) is 8.43. The van der Waals surface area contributed by atoms with Crippen LogP contribution < -0.4 is 5.32 Å². The van der Waals surface area contributed by atoms with Gasteiger partial charge in [0.1, 0.15) is 0 Å². The molecule has 0 aliphatic carbocycles. The van der Waals surface area contributed by atoms with Crippen LogP contribution in [0.1, 0.15) is 19.0 Å². The number of allylic oxidation sites excluding steroid dienone is 2. The first-order valence-electron chi connectivity index (χ1n) is 11.0. The maximum Gasteiger partial charge on any atom is 0.250 e. The Bertz CT molecular complexity index is 1300. The number of anilines is 2. The van der Waals surface area contributed by atoms with Gasteiger partial charge in [-0.05, 0) is 31.2 Å². The molecule has 34 heavy (non-hydrogen) atoms. The fourth-order valence-corrected chi connectivity index (χ4v) is 5.70. The molecule has 1 N–H and O–H groups in total. The van der Waals surface area contributed by atoms with Crippen molar-refractivity contribution in [2.24, 2.45) is 0 Å². The molecular weight excluding hydrogens is 456 g/mol. The lowest BCUT2D eigenvalue weighted by molar-refractivity contribution is -0.128. The van der Waals surface area contributed by atoms with Crippen molar-refractivity contribution in [3.8, 4) is 0 Å². The van der Waals surface area contributed by atoms with Crippen LogP contribution in [0, 0.1) is 0 Å². The summed E-state index contributed by atoms with van der Waals surface area (Å²) in [6.45, 7) is 3.82. The van der Waals surface area contributed by atoms with Crippen molar-refractivity contribution in [2.75, 3.05) is 45.2 Å². The second-order valence-electron chi connectivity index (χ2n) is 8.42. The third-order valence-corrected chi connectivity index (χ3v) is 8.14. The lowest BCUT2D eigenvalue weighted by atomic mass is 10.1. The van der Waals surface area contributed by atoms with Crippen LogP contribution in [0.15, 0.2) is 59.0 Å². The number of likely N-dealkylation sites (N-methyl/N-ethyl adjacent to an activating group) is 1. The first-order valence-corrected chi connectivity index (χ1v) is 12.5. The molecule has 178 valence electrons. The number of hydrogen-bond donors (Lipinski definition) is 1. The van der Waals surface area contributed by atoms with E-state index in [0.717, 1.165) is 17.0 Å². The summed E-state index contributed by atoms with van der Waals surface area (Å²) in [5.74, 6) is 0.377. The molecule has 1 aromatic heterocycles. The maximum atomic E-state index is 13.0. The van der Waals surface area contributed by atoms with Crippen LogP contribution in [0.3, 0.4) is 0 Å². The average Bonchev–Trinajstić information content (AvgIpc) is 3.30. The van der Waals surface area contributed by atoms with Gasteiger partial charge in [0, 0.05) is 61.6 Å². The average molecular weight is 483 g/mol. The Morgan fingerprint density at radius 2 is 1.94 bits per heavy atom. The lowest BCUT2D eigenvalue weighted by Crippen LogP contribution is -2.40. The van der Waals surface area contributed by atoms with E-state index in [9.17, 15) is 13.2 Å². The monoisotopic (exact) mass is 482 g/mol. The molecular formula is C23H26N6O4S. The van der Waals surface area contributed by atoms with Gasteiger partial charge < -0.3 is 15.0 Å². The predicted molar refractivity (Wildman–Crippen MR) is 126 cm³/mol. The first kappa shape index (κ1) is 22.5. The highest BCUT2D eigenvalue weighted by Crippen LogP contribution is 2.36. The third-order valence-electron chi connectivity index (χ3n) is 6.25. The van der Waals surface area contributed by atoms with Gasteiger partial charge in [-0.25, -0.2) is 18.4 Å². The number of fused-ring (bicyclic) bond motifs is 1. The predicted octanol–water partition coefficient (Wildman–Crippen LogP) is 1.99. The topological polar surface area (TPSA) is 108 Å². The highest BCUT2D eigenvalue weighted by Gasteiger charge is 2.32. The minimum Gasteiger partial charge on any atom is -0.379 e. The Morgan fingerprint density at radius 1 is 1.15 bits per heavy atom. The van der Waals surface area contributed by atoms with E-state index in [1.165, 1.54) is 4.31 Å². The van der Waals surface area contributed by atoms with E-state index in [1.54, 1.807) is 41.4 Å². The molecule has 0 spiro atoms. The van der Waals surface area contributed by atoms with E-state index >= 15 is 0 Å². The molecule has 0 saturated carbocycles. The minimum absolute atomic E-state index is 0.0313. The summed E-state index contributed by atoms with van der Waals surface area (Å²) >= 11 is 0. The number of rotatable bonds is 5. The molecule has 0 unspecified atom stereocenters. The molecule has 0 atom stereocenters. The van der Waals surface area contributed by atoms with E-state index < -0.39 is 10.0 Å². The van der Waals surface area contributed by atoms with Crippen LogP contribution in [0.4, 0.5) is 11.6 Å². The number of carbonyl (C=O) groups is 1. The fraction of sp³-hybridized carbons (Fsp3) is 0.348. The van der Waals surface area contributed by atoms with E-state index in [2.05, 4.69) is 15.3 Å². The third kappa shape index (κ3) is 4.17. The standard InChI is InChI=1S/C23H26N6O4S/c1-16-21-12-17(14-29(21)22(30)15-27(16)2)20-6-7-24-23(26-20)25-18-4-3-5-19(13-18)34(31,32)28-8-10-33-11-9-28/h3-7,13-14H,8-12,15H2,1-2H3,(H,24,25,26). The molecule has 3 aliphatic rings. The molecule has 1 fully saturated rings. The molecule has 1 aromatic carbocycles. The van der Waals surface area contributed by atoms with Crippen LogP contribution in [-0.2, 0) is 19.6 Å². The van der Waals surface area contributed by atoms with Crippen LogP contribution in [0.2, 0.25) is 0 Å². The maximum absolute atomic E-state index is 13.0. The smallest absolute Gasteiger partial charge is 0.250 e. The van der Waals surface area contributed by atoms with E-state index in [0.29, 0.717) is 56.6 Å². The van der Waals surface area contributed by atoms with E-state index in [-0.39, 0.29) is 10.8 Å². The van der Waals surface area contributed by atoms with Gasteiger partial charge in [0.15, 0.2) is 0 Å². The van der Waals surface area contributed by atoms with Crippen LogP contribution >= 0.6 is 0 Å². The van der Waals surface area contributed by atoms with Gasteiger partial charge >= 0.3 is 0 Å². The van der Waals surface area contributed by atoms with Crippen molar-refractivity contribution in [3.63, 3.8) is 0 Å². The Balaban J connectivity index is 1.37. The molecule has 0 bridgehead atoms. The quantitative estimate of drug-likeness (QED) is 0.690. The number of morpholine rings is 1. The van der Waals surface area contributed by atoms with Gasteiger partial charge in [0.05, 0.1) is 30.3 Å². The molecule has 3 aliphatic heterocycles. The van der Waals surface area contributed by atoms with Gasteiger partial charge in [0.25, 0.3) is 0 Å². The second-order valence-corrected chi connectivity index (χ2v) is 10.4. The number of sulfonamides is 1. The minimum atomic E-state index is -3.61. The first-order chi connectivity index (χ1) is 16.3. The Hall–Kier alpha value is -3.28. The normalized spacial score (nSPS) is 19.4. The zero-order valence-electron chi connectivity index (χ0n) is 19.1. The number of ether oxygens (including phenoxy) is 1. The van der Waals surface area contributed by atoms with Gasteiger partial charge in [-0.15, -0.1) is 0 Å². The molecule has 2 aromatic rings. The van der Waals surface area contributed by atoms with Crippen LogP contribution in [0.5, 0.6) is 0 Å². The SMILES string of the molecule is CC1=C2CC(c3ccnc(Nc4cccc(S(=O)(=O)N5CCOCC5)c4)n3)=CN2C(=O)CN1C. The molecule has 0 radical (unpaired) electrons. The summed E-state index contributed by atoms with van der Waals surface area (Å²) in [7, 11) is -1.70. The van der Waals surface area contributed by atoms with Crippen molar-refractivity contribution in [1.29, 1.82) is 0 Å². The Kier molecular flexibility index (Phi) is 5.84. The van der Waals surface area contributed by atoms with Crippen LogP contribution in [-0.4, -0.2) is 78.3 Å². The Labute approximate surface area is 198 Å². The summed E-state index contributed by atoms with van der Waals surface area (Å²) < 4.78 is 32.7. The number of aromatic nitrogens is 2. The highest BCUT2D eigenvalue weighted by molar-refractivity contribution is 7.89. The second kappa shape index (κ2) is 8.82. The molecule has 1 saturated heterocycles. The largest absolute Gasteiger partial charge is 0.379 e. The zero-order chi connectivity index (χ0) is 23.9. The fourth-order valence-electron chi connectivity index (χ4n) is 4.24. The summed E-state index contributed by atoms with van der Waals surface area (Å²) in [5, 5.41) is 3.11. The molecule has 1 amide bonds. The number of amides is 1. The lowest BCUT2D eigenvalue weighted by Gasteiger charge is -2.31. The number of nitrogens with zero attached hydrogens (tertiary/aromatic N) is 5. The van der Waals surface area contributed by atoms with Crippen molar-refractivity contribution in [1.82, 2.24) is 24.1 Å². The van der Waals surface area contributed by atoms with Crippen molar-refractivity contribution < 1.29 is 17.9 Å². The van der Waals surface area contributed by atoms with Gasteiger partial charge in [0.2, 0.25) is 21.9 Å². The van der Waals surface area contributed by atoms with Crippen molar-refractivity contribution in [3.05, 3.63) is 59.8 Å². The number of carbonyl (C=O) groups excluding carboxylic acids is 1. The number of nitrogens with one attached hydrogen (secondary N) is 1. The summed E-state index contributed by atoms with van der Waals surface area (Å²) in [6.07, 6.45) is 4.09. The van der Waals surface area contributed by atoms with Crippen LogP contribution in [0.25, 0.3) is 5.57 Å². The summed E-state index contributed by atoms with van der Waals surface area (Å²) in [5.41, 5.74) is 4.23. The van der Waals surface area contributed by atoms with Crippen molar-refractivity contribution >= 4 is 33.1 Å².